The first-order chi connectivity index (χ1) is 10.7. The van der Waals surface area contributed by atoms with E-state index >= 15 is 0 Å². The van der Waals surface area contributed by atoms with Crippen molar-refractivity contribution in [1.29, 1.82) is 0 Å². The fourth-order valence-electron chi connectivity index (χ4n) is 3.49. The van der Waals surface area contributed by atoms with Crippen molar-refractivity contribution < 1.29 is 4.79 Å². The first-order valence-electron chi connectivity index (χ1n) is 8.28. The van der Waals surface area contributed by atoms with Crippen molar-refractivity contribution >= 4 is 11.6 Å². The Morgan fingerprint density at radius 1 is 1.27 bits per heavy atom. The van der Waals surface area contributed by atoms with Gasteiger partial charge in [0.1, 0.15) is 0 Å². The normalized spacial score (nSPS) is 23.5. The van der Waals surface area contributed by atoms with Crippen LogP contribution in [-0.2, 0) is 11.3 Å². The summed E-state index contributed by atoms with van der Waals surface area (Å²) in [6, 6.07) is 8.05. The van der Waals surface area contributed by atoms with Gasteiger partial charge < -0.3 is 16.0 Å². The Morgan fingerprint density at radius 3 is 2.86 bits per heavy atom. The van der Waals surface area contributed by atoms with E-state index in [1.807, 2.05) is 23.1 Å². The number of nitrogens with two attached hydrogens (primary N) is 1. The molecule has 0 radical (unpaired) electrons. The topological polar surface area (TPSA) is 61.6 Å². The highest BCUT2D eigenvalue weighted by Crippen LogP contribution is 2.21. The Balaban J connectivity index is 1.57. The molecule has 1 aromatic carbocycles. The predicted octanol–water partition coefficient (Wildman–Crippen LogP) is 0.913. The Hall–Kier alpha value is -1.59. The standard InChI is InChI=1S/C17H26N4O/c18-16-5-1-3-14(11-16)12-20-8-2-4-15(13-20)17(22)21-9-6-19-7-10-21/h1,3,5,11,15,19H,2,4,6-10,12-13,18H2. The number of rotatable bonds is 3. The molecule has 0 aliphatic carbocycles. The van der Waals surface area contributed by atoms with Crippen LogP contribution >= 0.6 is 0 Å². The molecule has 5 nitrogen and oxygen atoms in total. The summed E-state index contributed by atoms with van der Waals surface area (Å²) in [6.45, 7) is 6.38. The number of nitrogens with one attached hydrogen (secondary N) is 1. The second-order valence-electron chi connectivity index (χ2n) is 6.39. The van der Waals surface area contributed by atoms with Crippen LogP contribution in [0.5, 0.6) is 0 Å². The van der Waals surface area contributed by atoms with Crippen LogP contribution in [0.3, 0.4) is 0 Å². The van der Waals surface area contributed by atoms with E-state index in [4.69, 9.17) is 5.73 Å². The molecule has 2 fully saturated rings. The van der Waals surface area contributed by atoms with Gasteiger partial charge in [-0.3, -0.25) is 9.69 Å². The average molecular weight is 302 g/mol. The summed E-state index contributed by atoms with van der Waals surface area (Å²) in [7, 11) is 0. The summed E-state index contributed by atoms with van der Waals surface area (Å²) >= 11 is 0. The number of carbonyl (C=O) groups is 1. The molecule has 3 rings (SSSR count). The fraction of sp³-hybridized carbons (Fsp3) is 0.588. The average Bonchev–Trinajstić information content (AvgIpc) is 2.55. The summed E-state index contributed by atoms with van der Waals surface area (Å²) in [5, 5.41) is 3.30. The minimum Gasteiger partial charge on any atom is -0.399 e. The third-order valence-electron chi connectivity index (χ3n) is 4.64. The van der Waals surface area contributed by atoms with Crippen molar-refractivity contribution in [2.45, 2.75) is 19.4 Å². The Morgan fingerprint density at radius 2 is 2.09 bits per heavy atom. The third-order valence-corrected chi connectivity index (χ3v) is 4.64. The highest BCUT2D eigenvalue weighted by Gasteiger charge is 2.29. The predicted molar refractivity (Wildman–Crippen MR) is 88.3 cm³/mol. The number of carbonyl (C=O) groups excluding carboxylic acids is 1. The van der Waals surface area contributed by atoms with Gasteiger partial charge in [-0.1, -0.05) is 12.1 Å². The fourth-order valence-corrected chi connectivity index (χ4v) is 3.49. The zero-order valence-corrected chi connectivity index (χ0v) is 13.1. The van der Waals surface area contributed by atoms with E-state index in [2.05, 4.69) is 16.3 Å². The molecule has 22 heavy (non-hydrogen) atoms. The Bertz CT molecular complexity index is 513. The minimum atomic E-state index is 0.160. The number of benzene rings is 1. The van der Waals surface area contributed by atoms with Crippen LogP contribution in [-0.4, -0.2) is 55.0 Å². The maximum absolute atomic E-state index is 12.7. The highest BCUT2D eigenvalue weighted by atomic mass is 16.2. The molecular formula is C17H26N4O. The lowest BCUT2D eigenvalue weighted by Crippen LogP contribution is -2.51. The lowest BCUT2D eigenvalue weighted by molar-refractivity contribution is -0.138. The summed E-state index contributed by atoms with van der Waals surface area (Å²) in [4.78, 5) is 17.1. The zero-order valence-electron chi connectivity index (χ0n) is 13.1. The van der Waals surface area contributed by atoms with Crippen LogP contribution in [0.1, 0.15) is 18.4 Å². The van der Waals surface area contributed by atoms with Crippen LogP contribution in [0.25, 0.3) is 0 Å². The molecule has 2 aliphatic rings. The highest BCUT2D eigenvalue weighted by molar-refractivity contribution is 5.79. The van der Waals surface area contributed by atoms with Crippen molar-refractivity contribution in [3.63, 3.8) is 0 Å². The summed E-state index contributed by atoms with van der Waals surface area (Å²) in [6.07, 6.45) is 2.13. The molecule has 2 heterocycles. The van der Waals surface area contributed by atoms with Gasteiger partial charge in [0, 0.05) is 45.0 Å². The molecule has 120 valence electrons. The van der Waals surface area contributed by atoms with Gasteiger partial charge >= 0.3 is 0 Å². The zero-order chi connectivity index (χ0) is 15.4. The largest absolute Gasteiger partial charge is 0.399 e. The summed E-state index contributed by atoms with van der Waals surface area (Å²) in [5.74, 6) is 0.506. The minimum absolute atomic E-state index is 0.160. The third kappa shape index (κ3) is 3.78. The van der Waals surface area contributed by atoms with Gasteiger partial charge in [0.2, 0.25) is 5.91 Å². The quantitative estimate of drug-likeness (QED) is 0.815. The molecule has 0 aromatic heterocycles. The molecule has 2 saturated heterocycles. The van der Waals surface area contributed by atoms with Gasteiger partial charge in [0.25, 0.3) is 0 Å². The van der Waals surface area contributed by atoms with E-state index in [0.717, 1.165) is 64.3 Å². The molecule has 1 unspecified atom stereocenters. The molecule has 1 aromatic rings. The lowest BCUT2D eigenvalue weighted by Gasteiger charge is -2.36. The van der Waals surface area contributed by atoms with E-state index in [1.54, 1.807) is 0 Å². The van der Waals surface area contributed by atoms with Crippen LogP contribution in [0.2, 0.25) is 0 Å². The van der Waals surface area contributed by atoms with Crippen LogP contribution in [0.4, 0.5) is 5.69 Å². The van der Waals surface area contributed by atoms with Crippen LogP contribution in [0, 0.1) is 5.92 Å². The molecule has 0 saturated carbocycles. The van der Waals surface area contributed by atoms with Crippen molar-refractivity contribution in [3.8, 4) is 0 Å². The van der Waals surface area contributed by atoms with E-state index in [1.165, 1.54) is 5.56 Å². The Kier molecular flexibility index (Phi) is 4.95. The van der Waals surface area contributed by atoms with Crippen molar-refractivity contribution in [2.24, 2.45) is 5.92 Å². The number of amides is 1. The number of nitrogen functional groups attached to an aromatic ring is 1. The molecule has 0 bridgehead atoms. The van der Waals surface area contributed by atoms with E-state index < -0.39 is 0 Å². The Labute approximate surface area is 132 Å². The van der Waals surface area contributed by atoms with Gasteiger partial charge in [-0.05, 0) is 37.1 Å². The summed E-state index contributed by atoms with van der Waals surface area (Å²) < 4.78 is 0. The maximum Gasteiger partial charge on any atom is 0.227 e. The van der Waals surface area contributed by atoms with Gasteiger partial charge in [0.15, 0.2) is 0 Å². The lowest BCUT2D eigenvalue weighted by atomic mass is 9.95. The maximum atomic E-state index is 12.7. The molecule has 3 N–H and O–H groups in total. The van der Waals surface area contributed by atoms with E-state index in [-0.39, 0.29) is 5.92 Å². The first kappa shape index (κ1) is 15.3. The number of anilines is 1. The van der Waals surface area contributed by atoms with Gasteiger partial charge in [-0.25, -0.2) is 0 Å². The first-order valence-corrected chi connectivity index (χ1v) is 8.28. The second kappa shape index (κ2) is 7.11. The number of likely N-dealkylation sites (tertiary alicyclic amines) is 1. The van der Waals surface area contributed by atoms with Crippen LogP contribution < -0.4 is 11.1 Å². The molecule has 1 atom stereocenters. The number of hydrogen-bond acceptors (Lipinski definition) is 4. The number of piperidine rings is 1. The smallest absolute Gasteiger partial charge is 0.227 e. The van der Waals surface area contributed by atoms with E-state index in [9.17, 15) is 4.79 Å². The number of piperazine rings is 1. The van der Waals surface area contributed by atoms with Crippen molar-refractivity contribution in [1.82, 2.24) is 15.1 Å². The molecule has 5 heteroatoms. The summed E-state index contributed by atoms with van der Waals surface area (Å²) in [5.41, 5.74) is 7.89. The molecular weight excluding hydrogens is 276 g/mol. The number of nitrogens with zero attached hydrogens (tertiary/aromatic N) is 2. The van der Waals surface area contributed by atoms with E-state index in [0.29, 0.717) is 5.91 Å². The van der Waals surface area contributed by atoms with Gasteiger partial charge in [0.05, 0.1) is 5.92 Å². The van der Waals surface area contributed by atoms with Crippen LogP contribution in [0.15, 0.2) is 24.3 Å². The van der Waals surface area contributed by atoms with Crippen molar-refractivity contribution in [2.75, 3.05) is 45.0 Å². The molecule has 0 spiro atoms. The second-order valence-corrected chi connectivity index (χ2v) is 6.39. The number of hydrogen-bond donors (Lipinski definition) is 2. The monoisotopic (exact) mass is 302 g/mol. The van der Waals surface area contributed by atoms with Crippen molar-refractivity contribution in [3.05, 3.63) is 29.8 Å². The molecule has 1 amide bonds. The van der Waals surface area contributed by atoms with Gasteiger partial charge in [-0.15, -0.1) is 0 Å². The molecule has 2 aliphatic heterocycles. The van der Waals surface area contributed by atoms with Gasteiger partial charge in [-0.2, -0.15) is 0 Å². The SMILES string of the molecule is Nc1cccc(CN2CCCC(C(=O)N3CCNCC3)C2)c1.